The summed E-state index contributed by atoms with van der Waals surface area (Å²) in [6.45, 7) is -0.0123. The van der Waals surface area contributed by atoms with Crippen LogP contribution in [0.15, 0.2) is 48.6 Å². The first-order chi connectivity index (χ1) is 13.9. The van der Waals surface area contributed by atoms with Crippen molar-refractivity contribution in [1.82, 2.24) is 0 Å². The Morgan fingerprint density at radius 1 is 1.21 bits per heavy atom. The van der Waals surface area contributed by atoms with Gasteiger partial charge in [-0.2, -0.15) is 0 Å². The topological polar surface area (TPSA) is 107 Å². The molecule has 0 aliphatic heterocycles. The van der Waals surface area contributed by atoms with E-state index < -0.39 is 24.3 Å². The van der Waals surface area contributed by atoms with Crippen molar-refractivity contribution in [3.05, 3.63) is 54.4 Å². The number of rotatable bonds is 11. The van der Waals surface area contributed by atoms with Gasteiger partial charge in [-0.05, 0) is 49.4 Å². The number of aliphatic hydroxyl groups excluding tert-OH is 3. The van der Waals surface area contributed by atoms with Gasteiger partial charge in [0.2, 0.25) is 0 Å². The molecule has 1 aliphatic carbocycles. The number of benzene rings is 1. The smallest absolute Gasteiger partial charge is 0.303 e. The monoisotopic (exact) mass is 408 g/mol. The molecule has 1 fully saturated rings. The lowest BCUT2D eigenvalue weighted by Gasteiger charge is -2.19. The van der Waals surface area contributed by atoms with Crippen molar-refractivity contribution < 1.29 is 34.3 Å². The Hall–Kier alpha value is -2.22. The minimum Gasteiger partial charge on any atom is -0.491 e. The zero-order valence-corrected chi connectivity index (χ0v) is 16.2. The summed E-state index contributed by atoms with van der Waals surface area (Å²) in [5.41, 5.74) is 0. The molecule has 1 aromatic carbocycles. The van der Waals surface area contributed by atoms with E-state index in [1.807, 2.05) is 12.2 Å². The van der Waals surface area contributed by atoms with E-state index in [0.29, 0.717) is 25.0 Å². The van der Waals surface area contributed by atoms with Crippen LogP contribution < -0.4 is 4.74 Å². The quantitative estimate of drug-likeness (QED) is 0.331. The lowest BCUT2D eigenvalue weighted by atomic mass is 9.89. The average Bonchev–Trinajstić information content (AvgIpc) is 2.94. The number of carboxylic acids is 1. The third-order valence-electron chi connectivity index (χ3n) is 5.04. The van der Waals surface area contributed by atoms with Crippen molar-refractivity contribution in [2.24, 2.45) is 11.8 Å². The molecule has 0 amide bonds. The Morgan fingerprint density at radius 2 is 1.93 bits per heavy atom. The van der Waals surface area contributed by atoms with Crippen LogP contribution in [0.5, 0.6) is 5.75 Å². The number of carbonyl (C=O) groups is 1. The van der Waals surface area contributed by atoms with Gasteiger partial charge in [0.15, 0.2) is 0 Å². The van der Waals surface area contributed by atoms with Crippen molar-refractivity contribution in [2.75, 3.05) is 6.61 Å². The molecule has 1 saturated carbocycles. The van der Waals surface area contributed by atoms with Crippen LogP contribution >= 0.6 is 0 Å². The van der Waals surface area contributed by atoms with Gasteiger partial charge in [-0.25, -0.2) is 4.39 Å². The number of allylic oxidation sites excluding steroid dienone is 2. The lowest BCUT2D eigenvalue weighted by molar-refractivity contribution is -0.137. The molecule has 0 radical (unpaired) electrons. The Morgan fingerprint density at radius 3 is 2.62 bits per heavy atom. The van der Waals surface area contributed by atoms with Crippen LogP contribution in [0.4, 0.5) is 4.39 Å². The van der Waals surface area contributed by atoms with Gasteiger partial charge in [-0.15, -0.1) is 0 Å². The second kappa shape index (κ2) is 11.7. The number of ether oxygens (including phenoxy) is 1. The van der Waals surface area contributed by atoms with Crippen LogP contribution in [-0.4, -0.2) is 51.3 Å². The number of halogens is 1. The van der Waals surface area contributed by atoms with Gasteiger partial charge in [0, 0.05) is 18.8 Å². The summed E-state index contributed by atoms with van der Waals surface area (Å²) >= 11 is 0. The highest BCUT2D eigenvalue weighted by atomic mass is 19.1. The summed E-state index contributed by atoms with van der Waals surface area (Å²) in [5.74, 6) is -1.22. The number of carboxylic acid groups (broad SMARTS) is 1. The third-order valence-corrected chi connectivity index (χ3v) is 5.04. The summed E-state index contributed by atoms with van der Waals surface area (Å²) in [5, 5.41) is 39.2. The molecule has 7 heteroatoms. The summed E-state index contributed by atoms with van der Waals surface area (Å²) in [4.78, 5) is 10.5. The number of aliphatic hydroxyl groups is 3. The molecule has 6 nitrogen and oxygen atoms in total. The van der Waals surface area contributed by atoms with Crippen LogP contribution in [0.3, 0.4) is 0 Å². The van der Waals surface area contributed by atoms with E-state index in [2.05, 4.69) is 0 Å². The van der Waals surface area contributed by atoms with Crippen molar-refractivity contribution in [2.45, 2.75) is 50.4 Å². The molecule has 2 rings (SSSR count). The van der Waals surface area contributed by atoms with Gasteiger partial charge in [0.25, 0.3) is 0 Å². The maximum absolute atomic E-state index is 12.9. The van der Waals surface area contributed by atoms with Crippen LogP contribution in [0.25, 0.3) is 0 Å². The summed E-state index contributed by atoms with van der Waals surface area (Å²) in [6.07, 6.45) is 6.97. The second-order valence-corrected chi connectivity index (χ2v) is 7.32. The molecule has 4 N–H and O–H groups in total. The fourth-order valence-electron chi connectivity index (χ4n) is 3.47. The molecule has 0 aromatic heterocycles. The van der Waals surface area contributed by atoms with Crippen LogP contribution in [0.1, 0.15) is 32.1 Å². The molecule has 5 atom stereocenters. The predicted octanol–water partition coefficient (Wildman–Crippen LogP) is 2.68. The zero-order chi connectivity index (χ0) is 21.2. The van der Waals surface area contributed by atoms with Gasteiger partial charge in [0.05, 0.1) is 12.2 Å². The number of hydrogen-bond acceptors (Lipinski definition) is 5. The van der Waals surface area contributed by atoms with E-state index in [1.165, 1.54) is 24.3 Å². The van der Waals surface area contributed by atoms with E-state index >= 15 is 0 Å². The minimum atomic E-state index is -0.905. The van der Waals surface area contributed by atoms with E-state index in [0.717, 1.165) is 0 Å². The first kappa shape index (κ1) is 23.1. The molecule has 0 saturated heterocycles. The predicted molar refractivity (Wildman–Crippen MR) is 106 cm³/mol. The van der Waals surface area contributed by atoms with Crippen LogP contribution in [0, 0.1) is 17.7 Å². The second-order valence-electron chi connectivity index (χ2n) is 7.32. The Kier molecular flexibility index (Phi) is 9.31. The molecule has 0 bridgehead atoms. The van der Waals surface area contributed by atoms with Gasteiger partial charge in [-0.1, -0.05) is 24.3 Å². The van der Waals surface area contributed by atoms with Crippen molar-refractivity contribution in [1.29, 1.82) is 0 Å². The maximum atomic E-state index is 12.9. The average molecular weight is 408 g/mol. The van der Waals surface area contributed by atoms with Gasteiger partial charge >= 0.3 is 5.97 Å². The molecule has 0 heterocycles. The number of aliphatic carboxylic acids is 1. The lowest BCUT2D eigenvalue weighted by Crippen LogP contribution is -2.21. The zero-order valence-electron chi connectivity index (χ0n) is 16.2. The van der Waals surface area contributed by atoms with E-state index in [4.69, 9.17) is 9.84 Å². The third kappa shape index (κ3) is 7.97. The van der Waals surface area contributed by atoms with Crippen molar-refractivity contribution in [3.8, 4) is 5.75 Å². The SMILES string of the molecule is O=C(O)CCC/C=C/CC1C(O)CC(O)C1/C=C/C(O)COc1ccc(F)cc1. The fraction of sp³-hybridized carbons (Fsp3) is 0.500. The molecular weight excluding hydrogens is 379 g/mol. The van der Waals surface area contributed by atoms with Gasteiger partial charge in [0.1, 0.15) is 24.3 Å². The Bertz CT molecular complexity index is 687. The highest BCUT2D eigenvalue weighted by molar-refractivity contribution is 5.66. The van der Waals surface area contributed by atoms with Crippen molar-refractivity contribution in [3.63, 3.8) is 0 Å². The molecule has 1 aliphatic rings. The minimum absolute atomic E-state index is 0.0123. The standard InChI is InChI=1S/C22H29FO6/c23-15-7-10-17(11-8-15)29-14-16(24)9-12-19-18(20(25)13-21(19)26)5-3-1-2-4-6-22(27)28/h1,3,7-12,16,18-21,24-26H,2,4-6,13-14H2,(H,27,28)/b3-1+,12-9+. The van der Waals surface area contributed by atoms with E-state index in [-0.39, 0.29) is 37.1 Å². The molecular formula is C22H29FO6. The van der Waals surface area contributed by atoms with Gasteiger partial charge < -0.3 is 25.2 Å². The van der Waals surface area contributed by atoms with Crippen LogP contribution in [0.2, 0.25) is 0 Å². The first-order valence-electron chi connectivity index (χ1n) is 9.84. The Labute approximate surface area is 170 Å². The van der Waals surface area contributed by atoms with Crippen LogP contribution in [-0.2, 0) is 4.79 Å². The highest BCUT2D eigenvalue weighted by Crippen LogP contribution is 2.36. The molecule has 29 heavy (non-hydrogen) atoms. The molecule has 5 unspecified atom stereocenters. The van der Waals surface area contributed by atoms with E-state index in [9.17, 15) is 24.5 Å². The fourth-order valence-corrected chi connectivity index (χ4v) is 3.47. The maximum Gasteiger partial charge on any atom is 0.303 e. The van der Waals surface area contributed by atoms with Gasteiger partial charge in [-0.3, -0.25) is 4.79 Å². The molecule has 0 spiro atoms. The first-order valence-corrected chi connectivity index (χ1v) is 9.84. The van der Waals surface area contributed by atoms with Crippen molar-refractivity contribution >= 4 is 5.97 Å². The number of unbranched alkanes of at least 4 members (excludes halogenated alkanes) is 1. The molecule has 1 aromatic rings. The Balaban J connectivity index is 1.82. The summed E-state index contributed by atoms with van der Waals surface area (Å²) in [7, 11) is 0. The molecule has 160 valence electrons. The normalized spacial score (nSPS) is 25.7. The summed E-state index contributed by atoms with van der Waals surface area (Å²) in [6, 6.07) is 5.49. The largest absolute Gasteiger partial charge is 0.491 e. The van der Waals surface area contributed by atoms with E-state index in [1.54, 1.807) is 12.2 Å². The summed E-state index contributed by atoms with van der Waals surface area (Å²) < 4.78 is 18.3. The number of hydrogen-bond donors (Lipinski definition) is 4. The highest BCUT2D eigenvalue weighted by Gasteiger charge is 2.39.